The van der Waals surface area contributed by atoms with Gasteiger partial charge in [0.1, 0.15) is 0 Å². The molecule has 1 rings (SSSR count). The van der Waals surface area contributed by atoms with E-state index < -0.39 is 22.7 Å². The molecular formula is C13H22O5. The van der Waals surface area contributed by atoms with Crippen LogP contribution in [0.25, 0.3) is 0 Å². The second-order valence-corrected chi connectivity index (χ2v) is 5.69. The Kier molecular flexibility index (Phi) is 4.37. The van der Waals surface area contributed by atoms with E-state index in [9.17, 15) is 14.7 Å². The minimum absolute atomic E-state index is 0.0197. The first kappa shape index (κ1) is 15.0. The number of hydrogen-bond donors (Lipinski definition) is 2. The first-order valence-corrected chi connectivity index (χ1v) is 6.28. The van der Waals surface area contributed by atoms with Gasteiger partial charge in [-0.05, 0) is 25.2 Å². The number of ether oxygens (including phenoxy) is 1. The second-order valence-electron chi connectivity index (χ2n) is 5.69. The van der Waals surface area contributed by atoms with Gasteiger partial charge >= 0.3 is 11.9 Å². The Morgan fingerprint density at radius 2 is 1.94 bits per heavy atom. The van der Waals surface area contributed by atoms with Crippen LogP contribution in [0.2, 0.25) is 0 Å². The molecule has 5 heteroatoms. The zero-order valence-electron chi connectivity index (χ0n) is 11.2. The molecule has 0 aromatic heterocycles. The van der Waals surface area contributed by atoms with Crippen molar-refractivity contribution in [1.29, 1.82) is 0 Å². The van der Waals surface area contributed by atoms with Gasteiger partial charge in [0.25, 0.3) is 0 Å². The van der Waals surface area contributed by atoms with E-state index in [0.717, 1.165) is 0 Å². The maximum atomic E-state index is 11.9. The van der Waals surface area contributed by atoms with Crippen molar-refractivity contribution in [2.24, 2.45) is 16.7 Å². The fourth-order valence-electron chi connectivity index (χ4n) is 2.63. The third-order valence-corrected chi connectivity index (χ3v) is 4.53. The van der Waals surface area contributed by atoms with Crippen LogP contribution in [0, 0.1) is 16.7 Å². The summed E-state index contributed by atoms with van der Waals surface area (Å²) in [6.45, 7) is 5.48. The Morgan fingerprint density at radius 1 is 1.33 bits per heavy atom. The number of aliphatic hydroxyl groups excluding tert-OH is 1. The Hall–Kier alpha value is -1.10. The lowest BCUT2D eigenvalue weighted by molar-refractivity contribution is -0.160. The van der Waals surface area contributed by atoms with Gasteiger partial charge in [-0.3, -0.25) is 9.59 Å². The highest BCUT2D eigenvalue weighted by Crippen LogP contribution is 2.56. The van der Waals surface area contributed by atoms with Crippen molar-refractivity contribution in [2.45, 2.75) is 40.0 Å². The number of carbonyl (C=O) groups is 2. The Morgan fingerprint density at radius 3 is 2.39 bits per heavy atom. The second kappa shape index (κ2) is 5.26. The summed E-state index contributed by atoms with van der Waals surface area (Å²) in [6.07, 6.45) is 1.43. The number of hydrogen-bond acceptors (Lipinski definition) is 4. The highest BCUT2D eigenvalue weighted by Gasteiger charge is 2.58. The van der Waals surface area contributed by atoms with E-state index in [0.29, 0.717) is 19.3 Å². The SMILES string of the molecule is CC1(C(=O)O)CCC(C(=O)OCCCO)C1(C)C. The number of carboxylic acids is 1. The summed E-state index contributed by atoms with van der Waals surface area (Å²) in [5.74, 6) is -1.60. The van der Waals surface area contributed by atoms with Gasteiger partial charge in [0.2, 0.25) is 0 Å². The number of carboxylic acid groups (broad SMARTS) is 1. The minimum Gasteiger partial charge on any atom is -0.481 e. The molecule has 18 heavy (non-hydrogen) atoms. The van der Waals surface area contributed by atoms with E-state index in [1.807, 2.05) is 13.8 Å². The molecule has 1 aliphatic rings. The van der Waals surface area contributed by atoms with Gasteiger partial charge in [-0.2, -0.15) is 0 Å². The van der Waals surface area contributed by atoms with Gasteiger partial charge in [-0.1, -0.05) is 13.8 Å². The average molecular weight is 258 g/mol. The highest BCUT2D eigenvalue weighted by molar-refractivity contribution is 5.80. The summed E-state index contributed by atoms with van der Waals surface area (Å²) in [7, 11) is 0. The van der Waals surface area contributed by atoms with Crippen LogP contribution in [-0.4, -0.2) is 35.4 Å². The first-order chi connectivity index (χ1) is 8.27. The molecule has 104 valence electrons. The minimum atomic E-state index is -0.895. The Labute approximate surface area is 107 Å². The molecule has 0 amide bonds. The summed E-state index contributed by atoms with van der Waals surface area (Å²) >= 11 is 0. The van der Waals surface area contributed by atoms with E-state index in [2.05, 4.69) is 0 Å². The third-order valence-electron chi connectivity index (χ3n) is 4.53. The maximum absolute atomic E-state index is 11.9. The molecule has 0 heterocycles. The van der Waals surface area contributed by atoms with Crippen LogP contribution in [0.5, 0.6) is 0 Å². The van der Waals surface area contributed by atoms with E-state index in [1.54, 1.807) is 6.92 Å². The normalized spacial score (nSPS) is 30.1. The fraction of sp³-hybridized carbons (Fsp3) is 0.846. The van der Waals surface area contributed by atoms with Crippen LogP contribution in [-0.2, 0) is 14.3 Å². The maximum Gasteiger partial charge on any atom is 0.309 e. The van der Waals surface area contributed by atoms with Gasteiger partial charge in [0.05, 0.1) is 17.9 Å². The molecular weight excluding hydrogens is 236 g/mol. The number of aliphatic carboxylic acids is 1. The van der Waals surface area contributed by atoms with E-state index >= 15 is 0 Å². The lowest BCUT2D eigenvalue weighted by atomic mass is 9.66. The predicted molar refractivity (Wildman–Crippen MR) is 64.9 cm³/mol. The summed E-state index contributed by atoms with van der Waals surface area (Å²) in [5, 5.41) is 18.0. The molecule has 2 N–H and O–H groups in total. The molecule has 0 aromatic carbocycles. The number of carbonyl (C=O) groups excluding carboxylic acids is 1. The number of esters is 1. The van der Waals surface area contributed by atoms with Crippen LogP contribution in [0.3, 0.4) is 0 Å². The number of aliphatic hydroxyl groups is 1. The fourth-order valence-corrected chi connectivity index (χ4v) is 2.63. The average Bonchev–Trinajstić information content (AvgIpc) is 2.52. The predicted octanol–water partition coefficient (Wildman–Crippen LogP) is 1.44. The zero-order chi connectivity index (χ0) is 14.0. The Bertz CT molecular complexity index is 336. The largest absolute Gasteiger partial charge is 0.481 e. The van der Waals surface area contributed by atoms with Crippen LogP contribution in [0.15, 0.2) is 0 Å². The summed E-state index contributed by atoms with van der Waals surface area (Å²) in [4.78, 5) is 23.3. The zero-order valence-corrected chi connectivity index (χ0v) is 11.2. The van der Waals surface area contributed by atoms with Crippen LogP contribution < -0.4 is 0 Å². The monoisotopic (exact) mass is 258 g/mol. The molecule has 1 aliphatic carbocycles. The number of rotatable bonds is 5. The Balaban J connectivity index is 2.75. The van der Waals surface area contributed by atoms with Gasteiger partial charge in [0, 0.05) is 13.0 Å². The summed E-state index contributed by atoms with van der Waals surface area (Å²) in [5.41, 5.74) is -1.53. The van der Waals surface area contributed by atoms with Gasteiger partial charge < -0.3 is 14.9 Å². The molecule has 0 bridgehead atoms. The topological polar surface area (TPSA) is 83.8 Å². The molecule has 1 fully saturated rings. The molecule has 1 saturated carbocycles. The van der Waals surface area contributed by atoms with Crippen molar-refractivity contribution < 1.29 is 24.5 Å². The van der Waals surface area contributed by atoms with Gasteiger partial charge in [-0.15, -0.1) is 0 Å². The van der Waals surface area contributed by atoms with Crippen molar-refractivity contribution in [1.82, 2.24) is 0 Å². The molecule has 2 unspecified atom stereocenters. The van der Waals surface area contributed by atoms with Gasteiger partial charge in [-0.25, -0.2) is 0 Å². The lowest BCUT2D eigenvalue weighted by Gasteiger charge is -2.37. The van der Waals surface area contributed by atoms with E-state index in [4.69, 9.17) is 9.84 Å². The van der Waals surface area contributed by atoms with Crippen molar-refractivity contribution >= 4 is 11.9 Å². The summed E-state index contributed by atoms with van der Waals surface area (Å²) in [6, 6.07) is 0. The molecule has 5 nitrogen and oxygen atoms in total. The molecule has 0 saturated heterocycles. The van der Waals surface area contributed by atoms with Crippen molar-refractivity contribution in [3.05, 3.63) is 0 Å². The van der Waals surface area contributed by atoms with Crippen molar-refractivity contribution in [2.75, 3.05) is 13.2 Å². The first-order valence-electron chi connectivity index (χ1n) is 6.28. The quantitative estimate of drug-likeness (QED) is 0.576. The summed E-state index contributed by atoms with van der Waals surface area (Å²) < 4.78 is 5.08. The van der Waals surface area contributed by atoms with E-state index in [-0.39, 0.29) is 19.2 Å². The lowest BCUT2D eigenvalue weighted by Crippen LogP contribution is -2.43. The molecule has 0 radical (unpaired) electrons. The van der Waals surface area contributed by atoms with E-state index in [1.165, 1.54) is 0 Å². The third kappa shape index (κ3) is 2.36. The highest BCUT2D eigenvalue weighted by atomic mass is 16.5. The molecule has 0 spiro atoms. The van der Waals surface area contributed by atoms with Crippen LogP contribution in [0.1, 0.15) is 40.0 Å². The van der Waals surface area contributed by atoms with Crippen molar-refractivity contribution in [3.8, 4) is 0 Å². The molecule has 2 atom stereocenters. The standard InChI is InChI=1S/C13H22O5/c1-12(2)9(10(15)18-8-4-7-14)5-6-13(12,3)11(16)17/h9,14H,4-8H2,1-3H3,(H,16,17). The smallest absolute Gasteiger partial charge is 0.309 e. The molecule has 0 aromatic rings. The van der Waals surface area contributed by atoms with Gasteiger partial charge in [0.15, 0.2) is 0 Å². The van der Waals surface area contributed by atoms with Crippen molar-refractivity contribution in [3.63, 3.8) is 0 Å². The van der Waals surface area contributed by atoms with Crippen LogP contribution >= 0.6 is 0 Å². The molecule has 0 aliphatic heterocycles. The van der Waals surface area contributed by atoms with Crippen LogP contribution in [0.4, 0.5) is 0 Å².